The fourth-order valence-corrected chi connectivity index (χ4v) is 2.35. The van der Waals surface area contributed by atoms with E-state index >= 15 is 0 Å². The predicted octanol–water partition coefficient (Wildman–Crippen LogP) is 1.29. The van der Waals surface area contributed by atoms with Crippen LogP contribution in [0.15, 0.2) is 12.4 Å². The number of aromatic nitrogens is 5. The van der Waals surface area contributed by atoms with Crippen LogP contribution in [0.4, 0.5) is 0 Å². The van der Waals surface area contributed by atoms with Gasteiger partial charge in [0, 0.05) is 25.7 Å². The van der Waals surface area contributed by atoms with Crippen molar-refractivity contribution in [1.29, 1.82) is 0 Å². The number of carbonyl (C=O) groups excluding carboxylic acids is 1. The SMILES string of the molecule is Cc1cc(C)n(CCCC(=O)N[C@@H](C)c2nncn2C)n1. The zero-order valence-electron chi connectivity index (χ0n) is 13.0. The summed E-state index contributed by atoms with van der Waals surface area (Å²) >= 11 is 0. The molecule has 0 aliphatic rings. The van der Waals surface area contributed by atoms with Gasteiger partial charge in [-0.05, 0) is 33.3 Å². The molecule has 0 aliphatic carbocycles. The van der Waals surface area contributed by atoms with Gasteiger partial charge in [0.15, 0.2) is 5.82 Å². The smallest absolute Gasteiger partial charge is 0.220 e. The number of hydrogen-bond acceptors (Lipinski definition) is 4. The fourth-order valence-electron chi connectivity index (χ4n) is 2.35. The number of amides is 1. The highest BCUT2D eigenvalue weighted by atomic mass is 16.1. The lowest BCUT2D eigenvalue weighted by Gasteiger charge is -2.13. The first-order chi connectivity index (χ1) is 9.97. The maximum atomic E-state index is 11.9. The Kier molecular flexibility index (Phi) is 4.72. The van der Waals surface area contributed by atoms with Crippen molar-refractivity contribution in [2.75, 3.05) is 0 Å². The molecule has 0 bridgehead atoms. The first-order valence-electron chi connectivity index (χ1n) is 7.11. The Morgan fingerprint density at radius 3 is 2.76 bits per heavy atom. The van der Waals surface area contributed by atoms with E-state index in [1.165, 1.54) is 0 Å². The molecule has 21 heavy (non-hydrogen) atoms. The van der Waals surface area contributed by atoms with Crippen LogP contribution in [0, 0.1) is 13.8 Å². The van der Waals surface area contributed by atoms with Gasteiger partial charge in [0.25, 0.3) is 0 Å². The van der Waals surface area contributed by atoms with Gasteiger partial charge in [0.2, 0.25) is 5.91 Å². The van der Waals surface area contributed by atoms with Crippen LogP contribution in [0.25, 0.3) is 0 Å². The van der Waals surface area contributed by atoms with Gasteiger partial charge in [-0.3, -0.25) is 9.48 Å². The summed E-state index contributed by atoms with van der Waals surface area (Å²) in [6, 6.07) is 1.90. The Morgan fingerprint density at radius 1 is 1.43 bits per heavy atom. The summed E-state index contributed by atoms with van der Waals surface area (Å²) in [5.74, 6) is 0.772. The van der Waals surface area contributed by atoms with E-state index in [4.69, 9.17) is 0 Å². The third kappa shape index (κ3) is 3.90. The zero-order valence-corrected chi connectivity index (χ0v) is 13.0. The van der Waals surface area contributed by atoms with Gasteiger partial charge in [0.05, 0.1) is 11.7 Å². The lowest BCUT2D eigenvalue weighted by Crippen LogP contribution is -2.28. The van der Waals surface area contributed by atoms with Gasteiger partial charge in [0.1, 0.15) is 6.33 Å². The zero-order chi connectivity index (χ0) is 15.4. The topological polar surface area (TPSA) is 77.6 Å². The summed E-state index contributed by atoms with van der Waals surface area (Å²) in [6.07, 6.45) is 2.86. The maximum absolute atomic E-state index is 11.9. The van der Waals surface area contributed by atoms with E-state index in [0.717, 1.165) is 30.2 Å². The van der Waals surface area contributed by atoms with Crippen LogP contribution in [-0.4, -0.2) is 30.5 Å². The monoisotopic (exact) mass is 290 g/mol. The molecule has 1 amide bonds. The Morgan fingerprint density at radius 2 is 2.19 bits per heavy atom. The lowest BCUT2D eigenvalue weighted by atomic mass is 10.2. The van der Waals surface area contributed by atoms with Crippen molar-refractivity contribution in [3.8, 4) is 0 Å². The van der Waals surface area contributed by atoms with Crippen LogP contribution in [0.5, 0.6) is 0 Å². The normalized spacial score (nSPS) is 12.4. The number of carbonyl (C=O) groups is 1. The third-order valence-electron chi connectivity index (χ3n) is 3.39. The van der Waals surface area contributed by atoms with Gasteiger partial charge in [-0.15, -0.1) is 10.2 Å². The van der Waals surface area contributed by atoms with E-state index in [-0.39, 0.29) is 11.9 Å². The second-order valence-corrected chi connectivity index (χ2v) is 5.34. The molecule has 0 saturated heterocycles. The van der Waals surface area contributed by atoms with E-state index in [1.54, 1.807) is 10.9 Å². The Labute approximate surface area is 124 Å². The van der Waals surface area contributed by atoms with Gasteiger partial charge >= 0.3 is 0 Å². The molecule has 1 atom stereocenters. The van der Waals surface area contributed by atoms with Crippen molar-refractivity contribution in [2.24, 2.45) is 7.05 Å². The highest BCUT2D eigenvalue weighted by Gasteiger charge is 2.14. The Hall–Kier alpha value is -2.18. The van der Waals surface area contributed by atoms with Crippen LogP contribution in [0.1, 0.15) is 43.0 Å². The third-order valence-corrected chi connectivity index (χ3v) is 3.39. The quantitative estimate of drug-likeness (QED) is 0.869. The molecular weight excluding hydrogens is 268 g/mol. The minimum absolute atomic E-state index is 0.0204. The number of aryl methyl sites for hydroxylation is 4. The van der Waals surface area contributed by atoms with Crippen LogP contribution in [0.2, 0.25) is 0 Å². The van der Waals surface area contributed by atoms with E-state index < -0.39 is 0 Å². The molecule has 2 aromatic heterocycles. The van der Waals surface area contributed by atoms with Crippen molar-refractivity contribution >= 4 is 5.91 Å². The summed E-state index contributed by atoms with van der Waals surface area (Å²) in [4.78, 5) is 11.9. The molecule has 0 aromatic carbocycles. The van der Waals surface area contributed by atoms with Crippen molar-refractivity contribution in [1.82, 2.24) is 29.9 Å². The second kappa shape index (κ2) is 6.51. The first kappa shape index (κ1) is 15.2. The van der Waals surface area contributed by atoms with Crippen LogP contribution in [-0.2, 0) is 18.4 Å². The second-order valence-electron chi connectivity index (χ2n) is 5.34. The molecule has 0 spiro atoms. The molecule has 2 rings (SSSR count). The molecule has 0 saturated carbocycles. The lowest BCUT2D eigenvalue weighted by molar-refractivity contribution is -0.121. The number of nitrogens with one attached hydrogen (secondary N) is 1. The summed E-state index contributed by atoms with van der Waals surface area (Å²) in [5.41, 5.74) is 2.13. The number of hydrogen-bond donors (Lipinski definition) is 1. The average Bonchev–Trinajstić information content (AvgIpc) is 2.95. The standard InChI is InChI=1S/C14H22N6O/c1-10-8-11(2)20(18-10)7-5-6-13(21)16-12(3)14-17-15-9-19(14)4/h8-9,12H,5-7H2,1-4H3,(H,16,21)/t12-/m0/s1. The van der Waals surface area contributed by atoms with Gasteiger partial charge in [-0.1, -0.05) is 0 Å². The molecule has 0 unspecified atom stereocenters. The molecule has 2 aromatic rings. The molecule has 2 heterocycles. The predicted molar refractivity (Wildman–Crippen MR) is 78.5 cm³/mol. The van der Waals surface area contributed by atoms with Gasteiger partial charge in [-0.2, -0.15) is 5.10 Å². The number of rotatable bonds is 6. The summed E-state index contributed by atoms with van der Waals surface area (Å²) < 4.78 is 3.75. The molecule has 1 N–H and O–H groups in total. The fraction of sp³-hybridized carbons (Fsp3) is 0.571. The Balaban J connectivity index is 1.77. The highest BCUT2D eigenvalue weighted by Crippen LogP contribution is 2.08. The van der Waals surface area contributed by atoms with Crippen molar-refractivity contribution < 1.29 is 4.79 Å². The van der Waals surface area contributed by atoms with Crippen LogP contribution < -0.4 is 5.32 Å². The molecule has 7 nitrogen and oxygen atoms in total. The molecule has 0 radical (unpaired) electrons. The summed E-state index contributed by atoms with van der Waals surface area (Å²) in [6.45, 7) is 6.66. The highest BCUT2D eigenvalue weighted by molar-refractivity contribution is 5.76. The van der Waals surface area contributed by atoms with E-state index in [2.05, 4.69) is 20.6 Å². The van der Waals surface area contributed by atoms with Crippen molar-refractivity contribution in [3.05, 3.63) is 29.6 Å². The van der Waals surface area contributed by atoms with Crippen molar-refractivity contribution in [3.63, 3.8) is 0 Å². The first-order valence-corrected chi connectivity index (χ1v) is 7.11. The molecule has 7 heteroatoms. The van der Waals surface area contributed by atoms with Crippen LogP contribution in [0.3, 0.4) is 0 Å². The molecule has 0 aliphatic heterocycles. The summed E-state index contributed by atoms with van der Waals surface area (Å²) in [5, 5.41) is 15.1. The minimum Gasteiger partial charge on any atom is -0.346 e. The van der Waals surface area contributed by atoms with Gasteiger partial charge < -0.3 is 9.88 Å². The molecule has 0 fully saturated rings. The minimum atomic E-state index is -0.140. The summed E-state index contributed by atoms with van der Waals surface area (Å²) in [7, 11) is 1.86. The number of nitrogens with zero attached hydrogens (tertiary/aromatic N) is 5. The van der Waals surface area contributed by atoms with E-state index in [1.807, 2.05) is 38.6 Å². The largest absolute Gasteiger partial charge is 0.346 e. The Bertz CT molecular complexity index is 615. The van der Waals surface area contributed by atoms with E-state index in [9.17, 15) is 4.79 Å². The van der Waals surface area contributed by atoms with Crippen molar-refractivity contribution in [2.45, 2.75) is 46.2 Å². The van der Waals surface area contributed by atoms with Gasteiger partial charge in [-0.25, -0.2) is 0 Å². The maximum Gasteiger partial charge on any atom is 0.220 e. The van der Waals surface area contributed by atoms with E-state index in [0.29, 0.717) is 6.42 Å². The van der Waals surface area contributed by atoms with Crippen LogP contribution >= 0.6 is 0 Å². The molecule has 114 valence electrons. The molecular formula is C14H22N6O. The average molecular weight is 290 g/mol.